The standard InChI is InChI=1S/C15H26O4/c1-12-8-6-7-11-15(12,2)19-14(17)10-5-4-9-13(16)18-3/h12H,4-11H2,1-3H3. The van der Waals surface area contributed by atoms with E-state index in [1.165, 1.54) is 13.5 Å². The van der Waals surface area contributed by atoms with Gasteiger partial charge in [0.15, 0.2) is 0 Å². The van der Waals surface area contributed by atoms with Crippen molar-refractivity contribution in [1.82, 2.24) is 0 Å². The summed E-state index contributed by atoms with van der Waals surface area (Å²) in [5, 5.41) is 0. The van der Waals surface area contributed by atoms with Crippen LogP contribution in [0.5, 0.6) is 0 Å². The number of unbranched alkanes of at least 4 members (excludes halogenated alkanes) is 1. The fourth-order valence-electron chi connectivity index (χ4n) is 2.58. The van der Waals surface area contributed by atoms with Gasteiger partial charge < -0.3 is 9.47 Å². The second-order valence-corrected chi connectivity index (χ2v) is 5.72. The molecule has 0 aromatic rings. The van der Waals surface area contributed by atoms with Crippen LogP contribution in [0.1, 0.15) is 65.2 Å². The van der Waals surface area contributed by atoms with Crippen molar-refractivity contribution in [2.75, 3.05) is 7.11 Å². The molecule has 0 radical (unpaired) electrons. The van der Waals surface area contributed by atoms with Crippen molar-refractivity contribution in [3.8, 4) is 0 Å². The van der Waals surface area contributed by atoms with Crippen LogP contribution in [0.4, 0.5) is 0 Å². The zero-order chi connectivity index (χ0) is 14.3. The predicted octanol–water partition coefficient (Wildman–Crippen LogP) is 3.23. The van der Waals surface area contributed by atoms with Crippen LogP contribution in [0.3, 0.4) is 0 Å². The fourth-order valence-corrected chi connectivity index (χ4v) is 2.58. The number of hydrogen-bond acceptors (Lipinski definition) is 4. The topological polar surface area (TPSA) is 52.6 Å². The van der Waals surface area contributed by atoms with Crippen molar-refractivity contribution in [3.63, 3.8) is 0 Å². The molecule has 0 bridgehead atoms. The number of hydrogen-bond donors (Lipinski definition) is 0. The zero-order valence-corrected chi connectivity index (χ0v) is 12.4. The van der Waals surface area contributed by atoms with Gasteiger partial charge in [0.25, 0.3) is 0 Å². The van der Waals surface area contributed by atoms with Gasteiger partial charge in [-0.3, -0.25) is 9.59 Å². The van der Waals surface area contributed by atoms with Gasteiger partial charge in [-0.05, 0) is 44.9 Å². The highest BCUT2D eigenvalue weighted by molar-refractivity contribution is 5.70. The van der Waals surface area contributed by atoms with E-state index in [2.05, 4.69) is 11.7 Å². The van der Waals surface area contributed by atoms with Crippen LogP contribution in [-0.4, -0.2) is 24.6 Å². The zero-order valence-electron chi connectivity index (χ0n) is 12.4. The van der Waals surface area contributed by atoms with Crippen LogP contribution in [-0.2, 0) is 19.1 Å². The average molecular weight is 270 g/mol. The SMILES string of the molecule is COC(=O)CCCCC(=O)OC1(C)CCCCC1C. The highest BCUT2D eigenvalue weighted by Crippen LogP contribution is 2.36. The highest BCUT2D eigenvalue weighted by Gasteiger charge is 2.36. The first kappa shape index (κ1) is 16.0. The molecule has 1 saturated carbocycles. The monoisotopic (exact) mass is 270 g/mol. The first-order valence-corrected chi connectivity index (χ1v) is 7.26. The van der Waals surface area contributed by atoms with Crippen LogP contribution in [0, 0.1) is 5.92 Å². The van der Waals surface area contributed by atoms with Gasteiger partial charge in [0.2, 0.25) is 0 Å². The molecule has 2 unspecified atom stereocenters. The normalized spacial score (nSPS) is 26.8. The lowest BCUT2D eigenvalue weighted by molar-refractivity contribution is -0.167. The minimum Gasteiger partial charge on any atom is -0.469 e. The Hall–Kier alpha value is -1.06. The molecular weight excluding hydrogens is 244 g/mol. The molecule has 0 spiro atoms. The van der Waals surface area contributed by atoms with E-state index < -0.39 is 0 Å². The lowest BCUT2D eigenvalue weighted by Gasteiger charge is -2.39. The van der Waals surface area contributed by atoms with Gasteiger partial charge in [-0.25, -0.2) is 0 Å². The molecule has 0 heterocycles. The Morgan fingerprint density at radius 2 is 1.79 bits per heavy atom. The average Bonchev–Trinajstić information content (AvgIpc) is 2.38. The van der Waals surface area contributed by atoms with Crippen LogP contribution in [0.25, 0.3) is 0 Å². The summed E-state index contributed by atoms with van der Waals surface area (Å²) >= 11 is 0. The molecular formula is C15H26O4. The summed E-state index contributed by atoms with van der Waals surface area (Å²) in [6.07, 6.45) is 6.57. The Morgan fingerprint density at radius 3 is 2.37 bits per heavy atom. The fraction of sp³-hybridized carbons (Fsp3) is 0.867. The molecule has 19 heavy (non-hydrogen) atoms. The van der Waals surface area contributed by atoms with Crippen LogP contribution >= 0.6 is 0 Å². The second-order valence-electron chi connectivity index (χ2n) is 5.72. The van der Waals surface area contributed by atoms with Crippen LogP contribution in [0.2, 0.25) is 0 Å². The molecule has 2 atom stereocenters. The van der Waals surface area contributed by atoms with Crippen molar-refractivity contribution < 1.29 is 19.1 Å². The molecule has 0 amide bonds. The van der Waals surface area contributed by atoms with Gasteiger partial charge in [-0.2, -0.15) is 0 Å². The van der Waals surface area contributed by atoms with E-state index in [0.29, 0.717) is 31.6 Å². The van der Waals surface area contributed by atoms with Crippen molar-refractivity contribution in [1.29, 1.82) is 0 Å². The number of carbonyl (C=O) groups excluding carboxylic acids is 2. The summed E-state index contributed by atoms with van der Waals surface area (Å²) in [5.74, 6) is 0.0719. The van der Waals surface area contributed by atoms with E-state index in [1.54, 1.807) is 0 Å². The van der Waals surface area contributed by atoms with Crippen molar-refractivity contribution >= 4 is 11.9 Å². The van der Waals surface area contributed by atoms with Gasteiger partial charge in [0, 0.05) is 12.8 Å². The molecule has 1 aliphatic carbocycles. The maximum absolute atomic E-state index is 11.8. The van der Waals surface area contributed by atoms with Crippen LogP contribution in [0.15, 0.2) is 0 Å². The summed E-state index contributed by atoms with van der Waals surface area (Å²) in [6, 6.07) is 0. The predicted molar refractivity (Wildman–Crippen MR) is 72.6 cm³/mol. The maximum Gasteiger partial charge on any atom is 0.306 e. The lowest BCUT2D eigenvalue weighted by Crippen LogP contribution is -2.40. The molecule has 0 saturated heterocycles. The number of esters is 2. The quantitative estimate of drug-likeness (QED) is 0.549. The molecule has 110 valence electrons. The van der Waals surface area contributed by atoms with E-state index in [0.717, 1.165) is 19.3 Å². The molecule has 0 aromatic carbocycles. The van der Waals surface area contributed by atoms with E-state index in [-0.39, 0.29) is 17.5 Å². The molecule has 4 nitrogen and oxygen atoms in total. The van der Waals surface area contributed by atoms with Gasteiger partial charge in [0.05, 0.1) is 7.11 Å². The number of methoxy groups -OCH3 is 1. The maximum atomic E-state index is 11.8. The number of ether oxygens (including phenoxy) is 2. The minimum absolute atomic E-state index is 0.138. The summed E-state index contributed by atoms with van der Waals surface area (Å²) in [7, 11) is 1.38. The van der Waals surface area contributed by atoms with Gasteiger partial charge >= 0.3 is 11.9 Å². The third-order valence-corrected chi connectivity index (χ3v) is 4.19. The van der Waals surface area contributed by atoms with Gasteiger partial charge in [0.1, 0.15) is 5.60 Å². The Labute approximate surface area is 115 Å². The van der Waals surface area contributed by atoms with E-state index >= 15 is 0 Å². The van der Waals surface area contributed by atoms with Crippen molar-refractivity contribution in [2.45, 2.75) is 70.8 Å². The summed E-state index contributed by atoms with van der Waals surface area (Å²) in [6.45, 7) is 4.20. The third-order valence-electron chi connectivity index (χ3n) is 4.19. The third kappa shape index (κ3) is 5.21. The number of rotatable bonds is 6. The van der Waals surface area contributed by atoms with E-state index in [9.17, 15) is 9.59 Å². The van der Waals surface area contributed by atoms with Gasteiger partial charge in [-0.1, -0.05) is 13.3 Å². The highest BCUT2D eigenvalue weighted by atomic mass is 16.6. The Morgan fingerprint density at radius 1 is 1.16 bits per heavy atom. The second kappa shape index (κ2) is 7.51. The Balaban J connectivity index is 2.25. The smallest absolute Gasteiger partial charge is 0.306 e. The van der Waals surface area contributed by atoms with Crippen molar-refractivity contribution in [2.24, 2.45) is 5.92 Å². The summed E-state index contributed by atoms with van der Waals surface area (Å²) in [5.41, 5.74) is -0.294. The molecule has 0 aliphatic heterocycles. The Kier molecular flexibility index (Phi) is 6.32. The molecule has 0 N–H and O–H groups in total. The minimum atomic E-state index is -0.294. The van der Waals surface area contributed by atoms with Crippen molar-refractivity contribution in [3.05, 3.63) is 0 Å². The van der Waals surface area contributed by atoms with E-state index in [4.69, 9.17) is 4.74 Å². The summed E-state index contributed by atoms with van der Waals surface area (Å²) < 4.78 is 10.2. The van der Waals surface area contributed by atoms with Crippen LogP contribution < -0.4 is 0 Å². The number of carbonyl (C=O) groups is 2. The molecule has 1 rings (SSSR count). The van der Waals surface area contributed by atoms with Gasteiger partial charge in [-0.15, -0.1) is 0 Å². The van der Waals surface area contributed by atoms with E-state index in [1.807, 2.05) is 6.92 Å². The molecule has 0 aromatic heterocycles. The first-order chi connectivity index (χ1) is 8.98. The Bertz CT molecular complexity index is 313. The summed E-state index contributed by atoms with van der Waals surface area (Å²) in [4.78, 5) is 22.8. The lowest BCUT2D eigenvalue weighted by atomic mass is 9.77. The largest absolute Gasteiger partial charge is 0.469 e. The molecule has 1 aliphatic rings. The first-order valence-electron chi connectivity index (χ1n) is 7.26. The molecule has 4 heteroatoms. The molecule has 1 fully saturated rings.